The van der Waals surface area contributed by atoms with Crippen LogP contribution in [-0.2, 0) is 4.79 Å². The number of benzene rings is 2. The number of unbranched alkanes of at least 4 members (excludes halogenated alkanes) is 1. The van der Waals surface area contributed by atoms with Crippen LogP contribution in [0.3, 0.4) is 0 Å². The number of nitriles is 1. The number of carbonyl (C=O) groups is 1. The van der Waals surface area contributed by atoms with Gasteiger partial charge < -0.3 is 9.47 Å². The molecule has 0 unspecified atom stereocenters. The van der Waals surface area contributed by atoms with Gasteiger partial charge in [-0.1, -0.05) is 35.5 Å². The van der Waals surface area contributed by atoms with Crippen LogP contribution in [-0.4, -0.2) is 23.6 Å². The number of thioether (sulfide) groups is 1. The highest BCUT2D eigenvalue weighted by Gasteiger charge is 2.32. The van der Waals surface area contributed by atoms with E-state index in [0.29, 0.717) is 28.8 Å². The first-order chi connectivity index (χ1) is 14.2. The van der Waals surface area contributed by atoms with Crippen LogP contribution < -0.4 is 14.4 Å². The lowest BCUT2D eigenvalue weighted by Crippen LogP contribution is -2.30. The van der Waals surface area contributed by atoms with Crippen molar-refractivity contribution in [2.75, 3.05) is 17.4 Å². The zero-order valence-corrected chi connectivity index (χ0v) is 16.7. The Morgan fingerprint density at radius 1 is 1.21 bits per heavy atom. The van der Waals surface area contributed by atoms with Crippen molar-refractivity contribution < 1.29 is 14.3 Å². The number of aliphatic imine (C=N–C) groups is 1. The molecular formula is C22H19N3O3S. The summed E-state index contributed by atoms with van der Waals surface area (Å²) in [6.07, 6.45) is 2.99. The number of aryl methyl sites for hydroxylation is 1. The predicted molar refractivity (Wildman–Crippen MR) is 114 cm³/mol. The maximum absolute atomic E-state index is 13.1. The van der Waals surface area contributed by atoms with E-state index in [2.05, 4.69) is 11.1 Å². The molecule has 0 saturated heterocycles. The Morgan fingerprint density at radius 3 is 2.79 bits per heavy atom. The van der Waals surface area contributed by atoms with Gasteiger partial charge in [-0.05, 0) is 49.2 Å². The van der Waals surface area contributed by atoms with Crippen LogP contribution in [0.2, 0.25) is 0 Å². The minimum absolute atomic E-state index is 0.172. The van der Waals surface area contributed by atoms with Gasteiger partial charge in [-0.2, -0.15) is 5.26 Å². The van der Waals surface area contributed by atoms with Crippen molar-refractivity contribution >= 4 is 34.6 Å². The molecular weight excluding hydrogens is 386 g/mol. The fraction of sp³-hybridized carbons (Fsp3) is 0.227. The summed E-state index contributed by atoms with van der Waals surface area (Å²) in [4.78, 5) is 19.4. The molecule has 0 radical (unpaired) electrons. The van der Waals surface area contributed by atoms with Crippen molar-refractivity contribution in [1.82, 2.24) is 0 Å². The second-order valence-electron chi connectivity index (χ2n) is 6.62. The maximum Gasteiger partial charge on any atom is 0.283 e. The monoisotopic (exact) mass is 405 g/mol. The lowest BCUT2D eigenvalue weighted by atomic mass is 10.1. The summed E-state index contributed by atoms with van der Waals surface area (Å²) >= 11 is 1.49. The number of amidine groups is 1. The Hall–Kier alpha value is -3.24. The van der Waals surface area contributed by atoms with E-state index >= 15 is 0 Å². The lowest BCUT2D eigenvalue weighted by molar-refractivity contribution is -0.113. The third kappa shape index (κ3) is 4.13. The fourth-order valence-electron chi connectivity index (χ4n) is 2.99. The van der Waals surface area contributed by atoms with Gasteiger partial charge in [-0.3, -0.25) is 9.69 Å². The van der Waals surface area contributed by atoms with E-state index in [9.17, 15) is 4.79 Å². The molecule has 0 aromatic heterocycles. The minimum Gasteiger partial charge on any atom is -0.454 e. The van der Waals surface area contributed by atoms with Crippen LogP contribution in [0.25, 0.3) is 6.08 Å². The van der Waals surface area contributed by atoms with E-state index < -0.39 is 0 Å². The normalized spacial score (nSPS) is 16.3. The summed E-state index contributed by atoms with van der Waals surface area (Å²) in [6, 6.07) is 15.5. The number of carbonyl (C=O) groups excluding carboxylic acids is 1. The van der Waals surface area contributed by atoms with Gasteiger partial charge in [0.15, 0.2) is 16.7 Å². The largest absolute Gasteiger partial charge is 0.454 e. The van der Waals surface area contributed by atoms with Crippen molar-refractivity contribution in [1.29, 1.82) is 5.26 Å². The molecule has 0 saturated carbocycles. The summed E-state index contributed by atoms with van der Waals surface area (Å²) < 4.78 is 10.8. The highest BCUT2D eigenvalue weighted by molar-refractivity contribution is 8.14. The number of fused-ring (bicyclic) bond motifs is 1. The molecule has 0 bridgehead atoms. The fourth-order valence-corrected chi connectivity index (χ4v) is 3.94. The molecule has 1 amide bonds. The Balaban J connectivity index is 1.63. The van der Waals surface area contributed by atoms with Crippen molar-refractivity contribution in [3.05, 3.63) is 59.3 Å². The first kappa shape index (κ1) is 19.1. The molecule has 6 nitrogen and oxygen atoms in total. The lowest BCUT2D eigenvalue weighted by Gasteiger charge is -2.17. The number of anilines is 1. The summed E-state index contributed by atoms with van der Waals surface area (Å²) in [7, 11) is 0. The van der Waals surface area contributed by atoms with E-state index in [4.69, 9.17) is 14.7 Å². The van der Waals surface area contributed by atoms with Crippen LogP contribution in [0.1, 0.15) is 24.0 Å². The molecule has 2 aliphatic heterocycles. The molecule has 0 aliphatic carbocycles. The molecule has 0 atom stereocenters. The van der Waals surface area contributed by atoms with Crippen LogP contribution in [0.5, 0.6) is 11.5 Å². The Kier molecular flexibility index (Phi) is 5.54. The molecule has 2 aliphatic rings. The predicted octanol–water partition coefficient (Wildman–Crippen LogP) is 4.50. The third-order valence-electron chi connectivity index (χ3n) is 4.49. The molecule has 146 valence electrons. The van der Waals surface area contributed by atoms with Crippen LogP contribution in [0.4, 0.5) is 5.69 Å². The van der Waals surface area contributed by atoms with Gasteiger partial charge in [-0.15, -0.1) is 0 Å². The van der Waals surface area contributed by atoms with Crippen LogP contribution in [0, 0.1) is 18.3 Å². The number of amides is 1. The van der Waals surface area contributed by atoms with E-state index in [1.807, 2.05) is 49.4 Å². The van der Waals surface area contributed by atoms with Crippen molar-refractivity contribution in [3.63, 3.8) is 0 Å². The number of ether oxygens (including phenoxy) is 2. The van der Waals surface area contributed by atoms with Crippen LogP contribution in [0.15, 0.2) is 53.2 Å². The number of hydrogen-bond donors (Lipinski definition) is 0. The molecule has 0 spiro atoms. The van der Waals surface area contributed by atoms with Gasteiger partial charge in [0, 0.05) is 12.2 Å². The summed E-state index contributed by atoms with van der Waals surface area (Å²) in [6.45, 7) is 2.21. The SMILES string of the molecule is Cc1ccc(N2C(=O)C(=Cc3ccc4c(c3)OCO4)N=C2SCCCC#N)cc1. The zero-order valence-electron chi connectivity index (χ0n) is 15.9. The Bertz CT molecular complexity index is 1040. The number of nitrogens with zero attached hydrogens (tertiary/aromatic N) is 3. The average Bonchev–Trinajstić information content (AvgIpc) is 3.31. The van der Waals surface area contributed by atoms with Gasteiger partial charge in [0.05, 0.1) is 11.8 Å². The highest BCUT2D eigenvalue weighted by atomic mass is 32.2. The molecule has 0 fully saturated rings. The summed E-state index contributed by atoms with van der Waals surface area (Å²) in [5.41, 5.74) is 3.09. The van der Waals surface area contributed by atoms with E-state index in [1.165, 1.54) is 11.8 Å². The quantitative estimate of drug-likeness (QED) is 0.541. The van der Waals surface area contributed by atoms with Crippen molar-refractivity contribution in [2.45, 2.75) is 19.8 Å². The molecule has 4 rings (SSSR count). The second kappa shape index (κ2) is 8.41. The second-order valence-corrected chi connectivity index (χ2v) is 7.68. The highest BCUT2D eigenvalue weighted by Crippen LogP contribution is 2.34. The molecule has 29 heavy (non-hydrogen) atoms. The van der Waals surface area contributed by atoms with Crippen molar-refractivity contribution in [2.24, 2.45) is 4.99 Å². The van der Waals surface area contributed by atoms with Gasteiger partial charge in [0.25, 0.3) is 5.91 Å². The zero-order chi connectivity index (χ0) is 20.2. The molecule has 2 aromatic carbocycles. The van der Waals surface area contributed by atoms with E-state index in [-0.39, 0.29) is 12.7 Å². The van der Waals surface area contributed by atoms with Gasteiger partial charge >= 0.3 is 0 Å². The maximum atomic E-state index is 13.1. The molecule has 0 N–H and O–H groups in total. The minimum atomic E-state index is -0.172. The molecule has 2 aromatic rings. The Labute approximate surface area is 173 Å². The van der Waals surface area contributed by atoms with Gasteiger partial charge in [0.2, 0.25) is 6.79 Å². The average molecular weight is 405 g/mol. The molecule has 7 heteroatoms. The van der Waals surface area contributed by atoms with E-state index in [0.717, 1.165) is 29.0 Å². The summed E-state index contributed by atoms with van der Waals surface area (Å²) in [5, 5.41) is 9.38. The van der Waals surface area contributed by atoms with Gasteiger partial charge in [0.1, 0.15) is 5.70 Å². The number of hydrogen-bond acceptors (Lipinski definition) is 6. The third-order valence-corrected chi connectivity index (χ3v) is 5.51. The standard InChI is InChI=1S/C22H19N3O3S/c1-15-4-7-17(8-5-15)25-21(26)18(24-22(25)29-11-3-2-10-23)12-16-6-9-19-20(13-16)28-14-27-19/h4-9,12-13H,2-3,11,14H2,1H3. The molecule has 2 heterocycles. The van der Waals surface area contributed by atoms with Crippen LogP contribution >= 0.6 is 11.8 Å². The van der Waals surface area contributed by atoms with Gasteiger partial charge in [-0.25, -0.2) is 4.99 Å². The van der Waals surface area contributed by atoms with Crippen molar-refractivity contribution in [3.8, 4) is 17.6 Å². The smallest absolute Gasteiger partial charge is 0.283 e. The number of rotatable bonds is 5. The first-order valence-electron chi connectivity index (χ1n) is 9.26. The van der Waals surface area contributed by atoms with E-state index in [1.54, 1.807) is 11.0 Å². The topological polar surface area (TPSA) is 74.9 Å². The summed E-state index contributed by atoms with van der Waals surface area (Å²) in [5.74, 6) is 1.91. The Morgan fingerprint density at radius 2 is 2.00 bits per heavy atom. The first-order valence-corrected chi connectivity index (χ1v) is 10.3.